The van der Waals surface area contributed by atoms with E-state index in [-0.39, 0.29) is 31.9 Å². The molecule has 0 aliphatic carbocycles. The molecule has 0 saturated carbocycles. The number of para-hydroxylation sites is 2. The van der Waals surface area contributed by atoms with Gasteiger partial charge in [0.2, 0.25) is 5.91 Å². The van der Waals surface area contributed by atoms with Crippen LogP contribution < -0.4 is 10.2 Å². The fraction of sp³-hybridized carbons (Fsp3) is 0.333. The normalized spacial score (nSPS) is 11.7. The van der Waals surface area contributed by atoms with Crippen molar-refractivity contribution in [3.05, 3.63) is 65.9 Å². The summed E-state index contributed by atoms with van der Waals surface area (Å²) in [6.45, 7) is 1.38. The summed E-state index contributed by atoms with van der Waals surface area (Å²) in [7, 11) is 1.54. The average molecular weight is 442 g/mol. The van der Waals surface area contributed by atoms with E-state index in [1.54, 1.807) is 19.1 Å². The first-order valence-electron chi connectivity index (χ1n) is 10.6. The second-order valence-corrected chi connectivity index (χ2v) is 7.37. The number of aryl methyl sites for hydroxylation is 1. The Hall–Kier alpha value is -3.55. The number of H-pyrrole nitrogens is 1. The number of halogens is 1. The zero-order chi connectivity index (χ0) is 22.9. The minimum atomic E-state index is -1.25. The van der Waals surface area contributed by atoms with Gasteiger partial charge in [-0.25, -0.2) is 19.6 Å². The number of benzene rings is 2. The summed E-state index contributed by atoms with van der Waals surface area (Å²) >= 11 is 0. The van der Waals surface area contributed by atoms with Crippen molar-refractivity contribution in [1.82, 2.24) is 15.4 Å². The lowest BCUT2D eigenvalue weighted by atomic mass is 10.1. The standard InChI is InChI=1S/C24H28FN3O4/c1-3-19(25)16-32-24(30)27-28(15-18-8-4-7-11-22(18)31-2)23(29)13-12-17-14-26-21-10-6-5-9-20(17)21/h4-11,14,19,26H,3,12-13,15-16H2,1-2H3,(H,27,30). The van der Waals surface area contributed by atoms with E-state index in [0.717, 1.165) is 16.5 Å². The Morgan fingerprint density at radius 3 is 2.66 bits per heavy atom. The third-order valence-electron chi connectivity index (χ3n) is 5.17. The highest BCUT2D eigenvalue weighted by Crippen LogP contribution is 2.21. The number of ether oxygens (including phenoxy) is 2. The number of nitrogens with one attached hydrogen (secondary N) is 2. The lowest BCUT2D eigenvalue weighted by Gasteiger charge is -2.24. The van der Waals surface area contributed by atoms with Crippen LogP contribution in [0.3, 0.4) is 0 Å². The van der Waals surface area contributed by atoms with Crippen LogP contribution in [0.5, 0.6) is 5.75 Å². The number of aromatic amines is 1. The van der Waals surface area contributed by atoms with Crippen molar-refractivity contribution in [2.24, 2.45) is 0 Å². The smallest absolute Gasteiger partial charge is 0.426 e. The number of carbonyl (C=O) groups is 2. The van der Waals surface area contributed by atoms with E-state index in [2.05, 4.69) is 10.4 Å². The predicted molar refractivity (Wildman–Crippen MR) is 120 cm³/mol. The number of hydrogen-bond donors (Lipinski definition) is 2. The molecule has 8 heteroatoms. The third-order valence-corrected chi connectivity index (χ3v) is 5.17. The Morgan fingerprint density at radius 1 is 1.12 bits per heavy atom. The Labute approximate surface area is 186 Å². The van der Waals surface area contributed by atoms with Crippen LogP contribution in [-0.4, -0.2) is 41.9 Å². The first-order chi connectivity index (χ1) is 15.5. The van der Waals surface area contributed by atoms with Crippen molar-refractivity contribution in [2.45, 2.75) is 38.9 Å². The molecular weight excluding hydrogens is 413 g/mol. The molecule has 1 aromatic heterocycles. The first kappa shape index (κ1) is 23.1. The van der Waals surface area contributed by atoms with Gasteiger partial charge < -0.3 is 14.5 Å². The molecule has 1 atom stereocenters. The molecular formula is C24H28FN3O4. The number of methoxy groups -OCH3 is 1. The van der Waals surface area contributed by atoms with Gasteiger partial charge in [0.05, 0.1) is 13.7 Å². The highest BCUT2D eigenvalue weighted by molar-refractivity contribution is 5.84. The van der Waals surface area contributed by atoms with Gasteiger partial charge >= 0.3 is 6.09 Å². The fourth-order valence-corrected chi connectivity index (χ4v) is 3.34. The lowest BCUT2D eigenvalue weighted by molar-refractivity contribution is -0.134. The van der Waals surface area contributed by atoms with Gasteiger partial charge in [0, 0.05) is 29.1 Å². The Bertz CT molecular complexity index is 1050. The number of rotatable bonds is 9. The number of fused-ring (bicyclic) bond motifs is 1. The average Bonchev–Trinajstić information content (AvgIpc) is 3.24. The van der Waals surface area contributed by atoms with Crippen molar-refractivity contribution in [3.8, 4) is 5.75 Å². The Kier molecular flexibility index (Phi) is 8.08. The van der Waals surface area contributed by atoms with Crippen LogP contribution in [0, 0.1) is 0 Å². The monoisotopic (exact) mass is 441 g/mol. The minimum Gasteiger partial charge on any atom is -0.496 e. The van der Waals surface area contributed by atoms with Crippen molar-refractivity contribution in [2.75, 3.05) is 13.7 Å². The van der Waals surface area contributed by atoms with Gasteiger partial charge in [-0.1, -0.05) is 43.3 Å². The molecule has 0 radical (unpaired) electrons. The van der Waals surface area contributed by atoms with Crippen molar-refractivity contribution < 1.29 is 23.5 Å². The molecule has 3 aromatic rings. The van der Waals surface area contributed by atoms with E-state index in [9.17, 15) is 14.0 Å². The molecule has 2 N–H and O–H groups in total. The first-order valence-corrected chi connectivity index (χ1v) is 10.6. The van der Waals surface area contributed by atoms with Gasteiger partial charge in [-0.05, 0) is 30.5 Å². The summed E-state index contributed by atoms with van der Waals surface area (Å²) in [6.07, 6.45) is 0.651. The number of carbonyl (C=O) groups excluding carboxylic acids is 2. The Morgan fingerprint density at radius 2 is 1.88 bits per heavy atom. The molecule has 0 spiro atoms. The number of hydrogen-bond acceptors (Lipinski definition) is 4. The molecule has 0 aliphatic rings. The maximum atomic E-state index is 13.4. The lowest BCUT2D eigenvalue weighted by Crippen LogP contribution is -2.46. The SMILES string of the molecule is CCC(F)COC(=O)NN(Cc1ccccc1OC)C(=O)CCc1c[nH]c2ccccc12. The summed E-state index contributed by atoms with van der Waals surface area (Å²) in [5, 5.41) is 2.24. The molecule has 0 aliphatic heterocycles. The van der Waals surface area contributed by atoms with Crippen LogP contribution in [0.1, 0.15) is 30.9 Å². The molecule has 7 nitrogen and oxygen atoms in total. The fourth-order valence-electron chi connectivity index (χ4n) is 3.34. The molecule has 170 valence electrons. The van der Waals surface area contributed by atoms with Gasteiger partial charge in [0.15, 0.2) is 0 Å². The molecule has 2 amide bonds. The van der Waals surface area contributed by atoms with Crippen molar-refractivity contribution in [3.63, 3.8) is 0 Å². The van der Waals surface area contributed by atoms with Crippen LogP contribution in [0.15, 0.2) is 54.7 Å². The van der Waals surface area contributed by atoms with Crippen LogP contribution in [0.2, 0.25) is 0 Å². The van der Waals surface area contributed by atoms with E-state index in [1.807, 2.05) is 42.6 Å². The predicted octanol–water partition coefficient (Wildman–Crippen LogP) is 4.53. The maximum absolute atomic E-state index is 13.4. The molecule has 0 fully saturated rings. The molecule has 32 heavy (non-hydrogen) atoms. The number of amides is 2. The Balaban J connectivity index is 1.71. The van der Waals surface area contributed by atoms with Crippen LogP contribution >= 0.6 is 0 Å². The molecule has 1 heterocycles. The summed E-state index contributed by atoms with van der Waals surface area (Å²) < 4.78 is 23.7. The van der Waals surface area contributed by atoms with Crippen molar-refractivity contribution >= 4 is 22.9 Å². The van der Waals surface area contributed by atoms with E-state index >= 15 is 0 Å². The summed E-state index contributed by atoms with van der Waals surface area (Å²) in [4.78, 5) is 28.4. The molecule has 0 bridgehead atoms. The number of nitrogens with zero attached hydrogens (tertiary/aromatic N) is 1. The van der Waals surface area contributed by atoms with E-state index in [4.69, 9.17) is 9.47 Å². The summed E-state index contributed by atoms with van der Waals surface area (Å²) in [5.41, 5.74) is 5.18. The van der Waals surface area contributed by atoms with Crippen LogP contribution in [0.25, 0.3) is 10.9 Å². The topological polar surface area (TPSA) is 83.7 Å². The second kappa shape index (κ2) is 11.2. The quantitative estimate of drug-likeness (QED) is 0.478. The van der Waals surface area contributed by atoms with Gasteiger partial charge in [0.25, 0.3) is 0 Å². The van der Waals surface area contributed by atoms with E-state index in [1.165, 1.54) is 12.1 Å². The van der Waals surface area contributed by atoms with Gasteiger partial charge in [0.1, 0.15) is 18.5 Å². The highest BCUT2D eigenvalue weighted by atomic mass is 19.1. The number of alkyl halides is 1. The second-order valence-electron chi connectivity index (χ2n) is 7.37. The largest absolute Gasteiger partial charge is 0.496 e. The van der Waals surface area contributed by atoms with Gasteiger partial charge in [-0.15, -0.1) is 0 Å². The zero-order valence-electron chi connectivity index (χ0n) is 18.3. The molecule has 2 aromatic carbocycles. The van der Waals surface area contributed by atoms with Crippen LogP contribution in [-0.2, 0) is 22.5 Å². The van der Waals surface area contributed by atoms with Gasteiger partial charge in [-0.3, -0.25) is 4.79 Å². The maximum Gasteiger partial charge on any atom is 0.426 e. The van der Waals surface area contributed by atoms with E-state index in [0.29, 0.717) is 17.7 Å². The minimum absolute atomic E-state index is 0.0820. The third kappa shape index (κ3) is 6.00. The van der Waals surface area contributed by atoms with Crippen molar-refractivity contribution in [1.29, 1.82) is 0 Å². The zero-order valence-corrected chi connectivity index (χ0v) is 18.3. The number of aromatic nitrogens is 1. The van der Waals surface area contributed by atoms with Crippen LogP contribution in [0.4, 0.5) is 9.18 Å². The molecule has 0 saturated heterocycles. The van der Waals surface area contributed by atoms with E-state index < -0.39 is 12.3 Å². The highest BCUT2D eigenvalue weighted by Gasteiger charge is 2.20. The van der Waals surface area contributed by atoms with Gasteiger partial charge in [-0.2, -0.15) is 0 Å². The molecule has 3 rings (SSSR count). The summed E-state index contributed by atoms with van der Waals surface area (Å²) in [5.74, 6) is 0.289. The summed E-state index contributed by atoms with van der Waals surface area (Å²) in [6, 6.07) is 15.1. The molecule has 1 unspecified atom stereocenters. The number of hydrazine groups is 1.